The van der Waals surface area contributed by atoms with Crippen LogP contribution in [0.1, 0.15) is 12.8 Å². The predicted molar refractivity (Wildman–Crippen MR) is 111 cm³/mol. The van der Waals surface area contributed by atoms with Gasteiger partial charge in [0.1, 0.15) is 6.04 Å². The van der Waals surface area contributed by atoms with E-state index in [1.165, 1.54) is 4.31 Å². The lowest BCUT2D eigenvalue weighted by Gasteiger charge is -2.27. The van der Waals surface area contributed by atoms with Gasteiger partial charge in [-0.2, -0.15) is 4.31 Å². The molecule has 1 unspecified atom stereocenters. The molecule has 4 rings (SSSR count). The Kier molecular flexibility index (Phi) is 4.91. The first-order valence-electron chi connectivity index (χ1n) is 9.32. The molecule has 1 saturated heterocycles. The third kappa shape index (κ3) is 3.30. The van der Waals surface area contributed by atoms with Crippen molar-refractivity contribution in [3.05, 3.63) is 72.8 Å². The lowest BCUT2D eigenvalue weighted by molar-refractivity contribution is -0.121. The summed E-state index contributed by atoms with van der Waals surface area (Å²) in [6, 6.07) is 21.4. The van der Waals surface area contributed by atoms with E-state index in [-0.39, 0.29) is 10.8 Å². The van der Waals surface area contributed by atoms with Gasteiger partial charge in [0, 0.05) is 19.3 Å². The van der Waals surface area contributed by atoms with E-state index >= 15 is 0 Å². The summed E-state index contributed by atoms with van der Waals surface area (Å²) in [5, 5.41) is 1.85. The highest BCUT2D eigenvalue weighted by atomic mass is 32.2. The van der Waals surface area contributed by atoms with Crippen molar-refractivity contribution in [3.8, 4) is 0 Å². The molecule has 3 aromatic rings. The molecule has 1 aliphatic heterocycles. The summed E-state index contributed by atoms with van der Waals surface area (Å²) in [6.07, 6.45) is 1.20. The SMILES string of the molecule is CN(C(=O)C1CCCN1S(=O)(=O)c1ccc2ccccc2c1)c1ccccc1. The number of rotatable bonds is 4. The maximum Gasteiger partial charge on any atom is 0.245 e. The molecular formula is C22H22N2O3S. The van der Waals surface area contributed by atoms with Crippen LogP contribution < -0.4 is 4.90 Å². The molecule has 1 heterocycles. The second-order valence-electron chi connectivity index (χ2n) is 7.02. The molecule has 1 aliphatic rings. The smallest absolute Gasteiger partial charge is 0.245 e. The summed E-state index contributed by atoms with van der Waals surface area (Å²) >= 11 is 0. The summed E-state index contributed by atoms with van der Waals surface area (Å²) in [5.41, 5.74) is 0.752. The van der Waals surface area contributed by atoms with E-state index in [4.69, 9.17) is 0 Å². The maximum atomic E-state index is 13.3. The fourth-order valence-electron chi connectivity index (χ4n) is 3.74. The van der Waals surface area contributed by atoms with Gasteiger partial charge in [-0.25, -0.2) is 8.42 Å². The van der Waals surface area contributed by atoms with Crippen LogP contribution in [0.4, 0.5) is 5.69 Å². The van der Waals surface area contributed by atoms with E-state index in [2.05, 4.69) is 0 Å². The van der Waals surface area contributed by atoms with Crippen molar-refractivity contribution in [2.75, 3.05) is 18.5 Å². The number of carbonyl (C=O) groups is 1. The van der Waals surface area contributed by atoms with Crippen molar-refractivity contribution in [3.63, 3.8) is 0 Å². The fraction of sp³-hybridized carbons (Fsp3) is 0.227. The first-order valence-corrected chi connectivity index (χ1v) is 10.8. The number of benzene rings is 3. The number of fused-ring (bicyclic) bond motifs is 1. The lowest BCUT2D eigenvalue weighted by atomic mass is 10.1. The minimum absolute atomic E-state index is 0.201. The Bertz CT molecular complexity index is 1110. The van der Waals surface area contributed by atoms with Crippen LogP contribution in [0.25, 0.3) is 10.8 Å². The Morgan fingerprint density at radius 3 is 2.39 bits per heavy atom. The zero-order valence-electron chi connectivity index (χ0n) is 15.7. The second kappa shape index (κ2) is 7.37. The van der Waals surface area contributed by atoms with Gasteiger partial charge in [0.15, 0.2) is 0 Å². The zero-order valence-corrected chi connectivity index (χ0v) is 16.5. The van der Waals surface area contributed by atoms with Gasteiger partial charge in [-0.15, -0.1) is 0 Å². The van der Waals surface area contributed by atoms with Crippen molar-refractivity contribution in [1.29, 1.82) is 0 Å². The maximum absolute atomic E-state index is 13.3. The summed E-state index contributed by atoms with van der Waals surface area (Å²) < 4.78 is 28.0. The molecule has 28 heavy (non-hydrogen) atoms. The molecule has 0 bridgehead atoms. The van der Waals surface area contributed by atoms with Crippen molar-refractivity contribution >= 4 is 32.4 Å². The van der Waals surface area contributed by atoms with Crippen LogP contribution in [0, 0.1) is 0 Å². The number of nitrogens with zero attached hydrogens (tertiary/aromatic N) is 2. The van der Waals surface area contributed by atoms with Crippen molar-refractivity contribution in [1.82, 2.24) is 4.31 Å². The van der Waals surface area contributed by atoms with Gasteiger partial charge in [-0.05, 0) is 47.9 Å². The highest BCUT2D eigenvalue weighted by Crippen LogP contribution is 2.29. The summed E-state index contributed by atoms with van der Waals surface area (Å²) in [4.78, 5) is 14.8. The fourth-order valence-corrected chi connectivity index (χ4v) is 5.43. The highest BCUT2D eigenvalue weighted by Gasteiger charge is 2.40. The van der Waals surface area contributed by atoms with E-state index in [1.807, 2.05) is 60.7 Å². The average molecular weight is 394 g/mol. The third-order valence-corrected chi connectivity index (χ3v) is 7.19. The molecule has 0 saturated carbocycles. The molecule has 1 amide bonds. The van der Waals surface area contributed by atoms with Crippen LogP contribution >= 0.6 is 0 Å². The van der Waals surface area contributed by atoms with Crippen molar-refractivity contribution in [2.45, 2.75) is 23.8 Å². The number of sulfonamides is 1. The van der Waals surface area contributed by atoms with Gasteiger partial charge in [0.05, 0.1) is 4.90 Å². The van der Waals surface area contributed by atoms with Crippen LogP contribution in [0.2, 0.25) is 0 Å². The number of hydrogen-bond acceptors (Lipinski definition) is 3. The van der Waals surface area contributed by atoms with Crippen LogP contribution in [-0.2, 0) is 14.8 Å². The second-order valence-corrected chi connectivity index (χ2v) is 8.91. The van der Waals surface area contributed by atoms with E-state index in [0.717, 1.165) is 16.5 Å². The lowest BCUT2D eigenvalue weighted by Crippen LogP contribution is -2.46. The molecule has 0 N–H and O–H groups in total. The average Bonchev–Trinajstić information content (AvgIpc) is 3.24. The summed E-state index contributed by atoms with van der Waals surface area (Å²) in [6.45, 7) is 0.355. The monoisotopic (exact) mass is 394 g/mol. The highest BCUT2D eigenvalue weighted by molar-refractivity contribution is 7.89. The largest absolute Gasteiger partial charge is 0.314 e. The number of hydrogen-bond donors (Lipinski definition) is 0. The van der Waals surface area contributed by atoms with Gasteiger partial charge < -0.3 is 4.90 Å². The topological polar surface area (TPSA) is 57.7 Å². The predicted octanol–water partition coefficient (Wildman–Crippen LogP) is 3.66. The molecular weight excluding hydrogens is 372 g/mol. The minimum Gasteiger partial charge on any atom is -0.314 e. The first-order chi connectivity index (χ1) is 13.5. The standard InChI is InChI=1S/C22H22N2O3S/c1-23(19-10-3-2-4-11-19)22(25)21-12-7-15-24(21)28(26,27)20-14-13-17-8-5-6-9-18(17)16-20/h2-6,8-11,13-14,16,21H,7,12,15H2,1H3. The van der Waals surface area contributed by atoms with Crippen LogP contribution in [-0.4, -0.2) is 38.3 Å². The molecule has 1 fully saturated rings. The first kappa shape index (κ1) is 18.7. The van der Waals surface area contributed by atoms with Gasteiger partial charge >= 0.3 is 0 Å². The Balaban J connectivity index is 1.65. The normalized spacial score (nSPS) is 17.7. The quantitative estimate of drug-likeness (QED) is 0.679. The van der Waals surface area contributed by atoms with Gasteiger partial charge in [-0.1, -0.05) is 48.5 Å². The Labute approximate surface area is 165 Å². The molecule has 0 aromatic heterocycles. The Morgan fingerprint density at radius 1 is 0.964 bits per heavy atom. The Morgan fingerprint density at radius 2 is 1.64 bits per heavy atom. The molecule has 144 valence electrons. The number of amides is 1. The summed E-state index contributed by atoms with van der Waals surface area (Å²) in [7, 11) is -2.06. The Hall–Kier alpha value is -2.70. The minimum atomic E-state index is -3.75. The number of likely N-dealkylation sites (N-methyl/N-ethyl adjacent to an activating group) is 1. The van der Waals surface area contributed by atoms with Crippen LogP contribution in [0.15, 0.2) is 77.7 Å². The van der Waals surface area contributed by atoms with Crippen LogP contribution in [0.5, 0.6) is 0 Å². The molecule has 0 radical (unpaired) electrons. The molecule has 1 atom stereocenters. The van der Waals surface area contributed by atoms with Crippen molar-refractivity contribution in [2.24, 2.45) is 0 Å². The molecule has 0 aliphatic carbocycles. The van der Waals surface area contributed by atoms with Gasteiger partial charge in [0.2, 0.25) is 15.9 Å². The number of para-hydroxylation sites is 1. The zero-order chi connectivity index (χ0) is 19.7. The number of anilines is 1. The molecule has 3 aromatic carbocycles. The van der Waals surface area contributed by atoms with E-state index in [1.54, 1.807) is 24.1 Å². The number of carbonyl (C=O) groups excluding carboxylic acids is 1. The van der Waals surface area contributed by atoms with Crippen LogP contribution in [0.3, 0.4) is 0 Å². The van der Waals surface area contributed by atoms with Gasteiger partial charge in [-0.3, -0.25) is 4.79 Å². The van der Waals surface area contributed by atoms with E-state index in [9.17, 15) is 13.2 Å². The van der Waals surface area contributed by atoms with Crippen molar-refractivity contribution < 1.29 is 13.2 Å². The third-order valence-electron chi connectivity index (χ3n) is 5.29. The molecule has 6 heteroatoms. The molecule has 5 nitrogen and oxygen atoms in total. The molecule has 0 spiro atoms. The van der Waals surface area contributed by atoms with E-state index in [0.29, 0.717) is 19.4 Å². The summed E-state index contributed by atoms with van der Waals surface area (Å²) in [5.74, 6) is -0.201. The van der Waals surface area contributed by atoms with Gasteiger partial charge in [0.25, 0.3) is 0 Å². The van der Waals surface area contributed by atoms with E-state index < -0.39 is 16.1 Å².